The molecule has 1 N–H and O–H groups in total. The van der Waals surface area contributed by atoms with Gasteiger partial charge in [0.2, 0.25) is 10.0 Å². The first-order chi connectivity index (χ1) is 12.5. The van der Waals surface area contributed by atoms with E-state index >= 15 is 0 Å². The molecule has 0 unspecified atom stereocenters. The van der Waals surface area contributed by atoms with Crippen molar-refractivity contribution in [2.45, 2.75) is 30.3 Å². The van der Waals surface area contributed by atoms with Crippen molar-refractivity contribution in [1.82, 2.24) is 9.62 Å². The highest BCUT2D eigenvalue weighted by Crippen LogP contribution is 2.21. The molecule has 0 saturated carbocycles. The van der Waals surface area contributed by atoms with Gasteiger partial charge < -0.3 is 4.74 Å². The molecule has 0 aliphatic carbocycles. The van der Waals surface area contributed by atoms with Gasteiger partial charge in [-0.05, 0) is 42.7 Å². The summed E-state index contributed by atoms with van der Waals surface area (Å²) >= 11 is 0. The van der Waals surface area contributed by atoms with Crippen LogP contribution in [0.25, 0.3) is 0 Å². The lowest BCUT2D eigenvalue weighted by atomic mass is 10.1. The van der Waals surface area contributed by atoms with E-state index in [1.54, 1.807) is 36.4 Å². The second-order valence-corrected chi connectivity index (χ2v) is 8.17. The molecular weight excluding hydrogens is 355 g/mol. The molecular formula is C19H23FN2O3S. The molecule has 1 aliphatic heterocycles. The molecule has 140 valence electrons. The number of methoxy groups -OCH3 is 1. The van der Waals surface area contributed by atoms with Gasteiger partial charge in [0.15, 0.2) is 11.6 Å². The third-order valence-electron chi connectivity index (χ3n) is 4.59. The molecule has 26 heavy (non-hydrogen) atoms. The third-order valence-corrected chi connectivity index (χ3v) is 6.12. The zero-order chi connectivity index (χ0) is 18.6. The molecule has 0 bridgehead atoms. The molecule has 0 amide bonds. The van der Waals surface area contributed by atoms with Gasteiger partial charge in [0.25, 0.3) is 0 Å². The zero-order valence-electron chi connectivity index (χ0n) is 14.7. The minimum absolute atomic E-state index is 0.0796. The van der Waals surface area contributed by atoms with E-state index in [0.717, 1.165) is 31.5 Å². The van der Waals surface area contributed by atoms with Crippen molar-refractivity contribution in [3.8, 4) is 5.75 Å². The number of rotatable bonds is 6. The largest absolute Gasteiger partial charge is 0.494 e. The SMILES string of the molecule is COc1ccc(CN2CCC(NS(=O)(=O)c3ccccc3)CC2)cc1F. The van der Waals surface area contributed by atoms with Gasteiger partial charge in [-0.3, -0.25) is 4.90 Å². The van der Waals surface area contributed by atoms with Crippen LogP contribution in [-0.2, 0) is 16.6 Å². The standard InChI is InChI=1S/C19H23FN2O3S/c1-25-19-8-7-15(13-18(19)20)14-22-11-9-16(10-12-22)21-26(23,24)17-5-3-2-4-6-17/h2-8,13,16,21H,9-12,14H2,1H3. The normalized spacial score (nSPS) is 16.5. The third kappa shape index (κ3) is 4.60. The van der Waals surface area contributed by atoms with E-state index in [-0.39, 0.29) is 22.5 Å². The van der Waals surface area contributed by atoms with Crippen molar-refractivity contribution >= 4 is 10.0 Å². The average molecular weight is 378 g/mol. The number of hydrogen-bond acceptors (Lipinski definition) is 4. The van der Waals surface area contributed by atoms with Gasteiger partial charge in [0, 0.05) is 25.7 Å². The fourth-order valence-corrected chi connectivity index (χ4v) is 4.49. The van der Waals surface area contributed by atoms with E-state index < -0.39 is 10.0 Å². The van der Waals surface area contributed by atoms with Gasteiger partial charge in [-0.15, -0.1) is 0 Å². The number of halogens is 1. The molecule has 1 aliphatic rings. The maximum absolute atomic E-state index is 13.8. The van der Waals surface area contributed by atoms with E-state index in [9.17, 15) is 12.8 Å². The lowest BCUT2D eigenvalue weighted by Crippen LogP contribution is -2.44. The first-order valence-corrected chi connectivity index (χ1v) is 10.1. The predicted molar refractivity (Wildman–Crippen MR) is 98.0 cm³/mol. The fourth-order valence-electron chi connectivity index (χ4n) is 3.16. The number of sulfonamides is 1. The zero-order valence-corrected chi connectivity index (χ0v) is 15.5. The van der Waals surface area contributed by atoms with Crippen molar-refractivity contribution in [2.75, 3.05) is 20.2 Å². The lowest BCUT2D eigenvalue weighted by Gasteiger charge is -2.32. The van der Waals surface area contributed by atoms with E-state index in [2.05, 4.69) is 9.62 Å². The monoisotopic (exact) mass is 378 g/mol. The first-order valence-electron chi connectivity index (χ1n) is 8.60. The van der Waals surface area contributed by atoms with Crippen LogP contribution >= 0.6 is 0 Å². The Hall–Kier alpha value is -1.96. The Bertz CT molecular complexity index is 835. The molecule has 0 spiro atoms. The van der Waals surface area contributed by atoms with Gasteiger partial charge in [-0.2, -0.15) is 0 Å². The van der Waals surface area contributed by atoms with Gasteiger partial charge in [-0.1, -0.05) is 24.3 Å². The van der Waals surface area contributed by atoms with Crippen LogP contribution in [0.1, 0.15) is 18.4 Å². The maximum atomic E-state index is 13.8. The van der Waals surface area contributed by atoms with E-state index in [1.807, 2.05) is 6.07 Å². The van der Waals surface area contributed by atoms with E-state index in [1.165, 1.54) is 13.2 Å². The number of piperidine rings is 1. The lowest BCUT2D eigenvalue weighted by molar-refractivity contribution is 0.199. The Labute approximate surface area is 153 Å². The molecule has 3 rings (SSSR count). The predicted octanol–water partition coefficient (Wildman–Crippen LogP) is 2.78. The van der Waals surface area contributed by atoms with Crippen molar-refractivity contribution in [1.29, 1.82) is 0 Å². The summed E-state index contributed by atoms with van der Waals surface area (Å²) in [6, 6.07) is 13.3. The summed E-state index contributed by atoms with van der Waals surface area (Å²) in [5.74, 6) is -0.127. The Morgan fingerprint density at radius 2 is 1.85 bits per heavy atom. The highest BCUT2D eigenvalue weighted by Gasteiger charge is 2.24. The Morgan fingerprint density at radius 1 is 1.15 bits per heavy atom. The van der Waals surface area contributed by atoms with Crippen molar-refractivity contribution in [3.63, 3.8) is 0 Å². The highest BCUT2D eigenvalue weighted by molar-refractivity contribution is 7.89. The van der Waals surface area contributed by atoms with Crippen molar-refractivity contribution < 1.29 is 17.5 Å². The number of hydrogen-bond donors (Lipinski definition) is 1. The van der Waals surface area contributed by atoms with Crippen LogP contribution in [0.5, 0.6) is 5.75 Å². The molecule has 7 heteroatoms. The van der Waals surface area contributed by atoms with Gasteiger partial charge in [-0.25, -0.2) is 17.5 Å². The fraction of sp³-hybridized carbons (Fsp3) is 0.368. The minimum atomic E-state index is -3.48. The quantitative estimate of drug-likeness (QED) is 0.840. The molecule has 5 nitrogen and oxygen atoms in total. The van der Waals surface area contributed by atoms with Gasteiger partial charge >= 0.3 is 0 Å². The van der Waals surface area contributed by atoms with Crippen LogP contribution in [-0.4, -0.2) is 39.6 Å². The molecule has 0 atom stereocenters. The highest BCUT2D eigenvalue weighted by atomic mass is 32.2. The van der Waals surface area contributed by atoms with Crippen LogP contribution in [0.2, 0.25) is 0 Å². The molecule has 2 aromatic carbocycles. The second-order valence-electron chi connectivity index (χ2n) is 6.45. The van der Waals surface area contributed by atoms with Crippen molar-refractivity contribution in [2.24, 2.45) is 0 Å². The molecule has 0 aromatic heterocycles. The van der Waals surface area contributed by atoms with Crippen LogP contribution in [0.15, 0.2) is 53.4 Å². The summed E-state index contributed by atoms with van der Waals surface area (Å²) in [6.45, 7) is 2.16. The summed E-state index contributed by atoms with van der Waals surface area (Å²) in [6.07, 6.45) is 1.45. The van der Waals surface area contributed by atoms with Crippen LogP contribution in [0.4, 0.5) is 4.39 Å². The van der Waals surface area contributed by atoms with Crippen molar-refractivity contribution in [3.05, 3.63) is 59.9 Å². The summed E-state index contributed by atoms with van der Waals surface area (Å²) in [4.78, 5) is 2.49. The number of ether oxygens (including phenoxy) is 1. The molecule has 1 saturated heterocycles. The first kappa shape index (κ1) is 18.8. The summed E-state index contributed by atoms with van der Waals surface area (Å²) in [5, 5.41) is 0. The van der Waals surface area contributed by atoms with Gasteiger partial charge in [0.05, 0.1) is 12.0 Å². The van der Waals surface area contributed by atoms with E-state index in [4.69, 9.17) is 4.74 Å². The topological polar surface area (TPSA) is 58.6 Å². The molecule has 1 fully saturated rings. The summed E-state index contributed by atoms with van der Waals surface area (Å²) in [5.41, 5.74) is 0.881. The summed E-state index contributed by atoms with van der Waals surface area (Å²) in [7, 11) is -2.04. The smallest absolute Gasteiger partial charge is 0.240 e. The number of nitrogens with one attached hydrogen (secondary N) is 1. The van der Waals surface area contributed by atoms with Gasteiger partial charge in [0.1, 0.15) is 0 Å². The molecule has 1 heterocycles. The van der Waals surface area contributed by atoms with Crippen LogP contribution in [0.3, 0.4) is 0 Å². The molecule has 0 radical (unpaired) electrons. The van der Waals surface area contributed by atoms with Crippen LogP contribution in [0, 0.1) is 5.82 Å². The number of likely N-dealkylation sites (tertiary alicyclic amines) is 1. The average Bonchev–Trinajstić information content (AvgIpc) is 2.64. The number of benzene rings is 2. The second kappa shape index (κ2) is 8.16. The summed E-state index contributed by atoms with van der Waals surface area (Å²) < 4.78 is 46.3. The Balaban J connectivity index is 1.54. The Kier molecular flexibility index (Phi) is 5.90. The maximum Gasteiger partial charge on any atom is 0.240 e. The minimum Gasteiger partial charge on any atom is -0.494 e. The number of nitrogens with zero attached hydrogens (tertiary/aromatic N) is 1. The molecule has 2 aromatic rings. The van der Waals surface area contributed by atoms with E-state index in [0.29, 0.717) is 6.54 Å². The van der Waals surface area contributed by atoms with Crippen LogP contribution < -0.4 is 9.46 Å². The Morgan fingerprint density at radius 3 is 2.46 bits per heavy atom.